The monoisotopic (exact) mass is 273 g/mol. The fraction of sp³-hybridized carbons (Fsp3) is 0.100. The molecular weight excluding hydrogens is 267 g/mol. The highest BCUT2D eigenvalue weighted by atomic mass is 32.1. The summed E-state index contributed by atoms with van der Waals surface area (Å²) in [5, 5.41) is 2.30. The first-order valence-electron chi connectivity index (χ1n) is 4.73. The van der Waals surface area contributed by atoms with Crippen molar-refractivity contribution in [1.29, 1.82) is 0 Å². The lowest BCUT2D eigenvalue weighted by Crippen LogP contribution is -2.16. The maximum atomic E-state index is 13.3. The Kier molecular flexibility index (Phi) is 3.28. The molecule has 0 fully saturated rings. The molecule has 0 saturated carbocycles. The number of halogens is 3. The molecule has 0 radical (unpaired) electrons. The van der Waals surface area contributed by atoms with Gasteiger partial charge in [-0.2, -0.15) is 4.37 Å². The van der Waals surface area contributed by atoms with Gasteiger partial charge in [0.15, 0.2) is 0 Å². The number of anilines is 1. The largest absolute Gasteiger partial charge is 0.296 e. The van der Waals surface area contributed by atoms with Gasteiger partial charge in [0.2, 0.25) is 5.13 Å². The Morgan fingerprint density at radius 1 is 1.28 bits per heavy atom. The van der Waals surface area contributed by atoms with E-state index in [0.29, 0.717) is 18.0 Å². The van der Waals surface area contributed by atoms with Crippen LogP contribution in [0.5, 0.6) is 0 Å². The zero-order chi connectivity index (χ0) is 13.3. The molecule has 0 atom stereocenters. The summed E-state index contributed by atoms with van der Waals surface area (Å²) in [5.74, 6) is -4.25. The lowest BCUT2D eigenvalue weighted by Gasteiger charge is -2.04. The smallest absolute Gasteiger partial charge is 0.263 e. The number of amides is 1. The molecule has 0 aliphatic heterocycles. The molecule has 4 nitrogen and oxygen atoms in total. The van der Waals surface area contributed by atoms with Gasteiger partial charge in [0, 0.05) is 23.7 Å². The van der Waals surface area contributed by atoms with Crippen molar-refractivity contribution in [3.8, 4) is 0 Å². The third-order valence-electron chi connectivity index (χ3n) is 1.98. The topological polar surface area (TPSA) is 54.9 Å². The Bertz CT molecular complexity index is 591. The number of nitrogens with one attached hydrogen (secondary N) is 1. The standard InChI is InChI=1S/C10H6F3N3OS/c1-4-14-10(18-16-4)15-9(17)8-6(12)2-5(11)3-7(8)13/h2-3H,1H3,(H,14,15,16,17). The van der Waals surface area contributed by atoms with Crippen LogP contribution in [0, 0.1) is 24.4 Å². The van der Waals surface area contributed by atoms with Crippen LogP contribution in [0.2, 0.25) is 0 Å². The average Bonchev–Trinajstić information content (AvgIpc) is 2.62. The molecule has 0 spiro atoms. The van der Waals surface area contributed by atoms with E-state index in [1.54, 1.807) is 6.92 Å². The van der Waals surface area contributed by atoms with Gasteiger partial charge in [-0.25, -0.2) is 18.2 Å². The molecular formula is C10H6F3N3OS. The van der Waals surface area contributed by atoms with Crippen LogP contribution in [0.3, 0.4) is 0 Å². The lowest BCUT2D eigenvalue weighted by molar-refractivity contribution is 0.101. The van der Waals surface area contributed by atoms with Gasteiger partial charge in [-0.1, -0.05) is 0 Å². The van der Waals surface area contributed by atoms with Crippen molar-refractivity contribution in [2.45, 2.75) is 6.92 Å². The highest BCUT2D eigenvalue weighted by Gasteiger charge is 2.20. The molecule has 0 unspecified atom stereocenters. The van der Waals surface area contributed by atoms with Gasteiger partial charge in [-0.15, -0.1) is 0 Å². The zero-order valence-corrected chi connectivity index (χ0v) is 9.82. The SMILES string of the molecule is Cc1nsc(NC(=O)c2c(F)cc(F)cc2F)n1. The summed E-state index contributed by atoms with van der Waals surface area (Å²) < 4.78 is 43.1. The summed E-state index contributed by atoms with van der Waals surface area (Å²) in [6.45, 7) is 1.60. The molecule has 2 rings (SSSR count). The van der Waals surface area contributed by atoms with E-state index in [0.717, 1.165) is 11.5 Å². The normalized spacial score (nSPS) is 10.4. The second kappa shape index (κ2) is 4.73. The quantitative estimate of drug-likeness (QED) is 0.914. The van der Waals surface area contributed by atoms with E-state index in [-0.39, 0.29) is 5.13 Å². The van der Waals surface area contributed by atoms with Crippen LogP contribution in [0.4, 0.5) is 18.3 Å². The van der Waals surface area contributed by atoms with Crippen LogP contribution < -0.4 is 5.32 Å². The molecule has 18 heavy (non-hydrogen) atoms. The fourth-order valence-corrected chi connectivity index (χ4v) is 1.84. The van der Waals surface area contributed by atoms with Crippen molar-refractivity contribution in [2.24, 2.45) is 0 Å². The third kappa shape index (κ3) is 2.48. The number of carbonyl (C=O) groups excluding carboxylic acids is 1. The van der Waals surface area contributed by atoms with Crippen LogP contribution in [0.1, 0.15) is 16.2 Å². The van der Waals surface area contributed by atoms with Gasteiger partial charge >= 0.3 is 0 Å². The molecule has 8 heteroatoms. The van der Waals surface area contributed by atoms with E-state index in [9.17, 15) is 18.0 Å². The van der Waals surface area contributed by atoms with Gasteiger partial charge in [0.1, 0.15) is 28.8 Å². The van der Waals surface area contributed by atoms with Crippen molar-refractivity contribution in [3.05, 3.63) is 41.0 Å². The van der Waals surface area contributed by atoms with Gasteiger partial charge in [0.25, 0.3) is 5.91 Å². The van der Waals surface area contributed by atoms with Crippen molar-refractivity contribution in [3.63, 3.8) is 0 Å². The molecule has 0 aliphatic rings. The summed E-state index contributed by atoms with van der Waals surface area (Å²) in [5.41, 5.74) is -0.857. The Hall–Kier alpha value is -1.96. The molecule has 1 aromatic carbocycles. The van der Waals surface area contributed by atoms with E-state index in [1.807, 2.05) is 0 Å². The molecule has 1 aromatic heterocycles. The van der Waals surface area contributed by atoms with Crippen molar-refractivity contribution >= 4 is 22.6 Å². The molecule has 1 N–H and O–H groups in total. The summed E-state index contributed by atoms with van der Waals surface area (Å²) in [6, 6.07) is 0.868. The zero-order valence-electron chi connectivity index (χ0n) is 9.00. The number of benzene rings is 1. The highest BCUT2D eigenvalue weighted by Crippen LogP contribution is 2.17. The van der Waals surface area contributed by atoms with Crippen LogP contribution >= 0.6 is 11.5 Å². The molecule has 94 valence electrons. The maximum Gasteiger partial charge on any atom is 0.263 e. The number of hydrogen-bond acceptors (Lipinski definition) is 4. The second-order valence-corrected chi connectivity index (χ2v) is 4.10. The number of nitrogens with zero attached hydrogens (tertiary/aromatic N) is 2. The molecule has 2 aromatic rings. The minimum Gasteiger partial charge on any atom is -0.296 e. The summed E-state index contributed by atoms with van der Waals surface area (Å²) >= 11 is 0.875. The Morgan fingerprint density at radius 3 is 2.39 bits per heavy atom. The van der Waals surface area contributed by atoms with Crippen molar-refractivity contribution < 1.29 is 18.0 Å². The van der Waals surface area contributed by atoms with E-state index in [1.165, 1.54) is 0 Å². The number of carbonyl (C=O) groups is 1. The molecule has 1 amide bonds. The molecule has 0 aliphatic carbocycles. The van der Waals surface area contributed by atoms with Gasteiger partial charge in [-0.05, 0) is 6.92 Å². The Morgan fingerprint density at radius 2 is 1.89 bits per heavy atom. The number of aromatic nitrogens is 2. The van der Waals surface area contributed by atoms with Crippen LogP contribution in [0.25, 0.3) is 0 Å². The molecule has 0 saturated heterocycles. The number of hydrogen-bond donors (Lipinski definition) is 1. The van der Waals surface area contributed by atoms with Crippen LogP contribution in [-0.2, 0) is 0 Å². The predicted octanol–water partition coefficient (Wildman–Crippen LogP) is 2.52. The maximum absolute atomic E-state index is 13.3. The average molecular weight is 273 g/mol. The van der Waals surface area contributed by atoms with Crippen LogP contribution in [-0.4, -0.2) is 15.3 Å². The summed E-state index contributed by atoms with van der Waals surface area (Å²) in [6.07, 6.45) is 0. The second-order valence-electron chi connectivity index (χ2n) is 3.35. The lowest BCUT2D eigenvalue weighted by atomic mass is 10.2. The van der Waals surface area contributed by atoms with Crippen molar-refractivity contribution in [2.75, 3.05) is 5.32 Å². The highest BCUT2D eigenvalue weighted by molar-refractivity contribution is 7.09. The minimum atomic E-state index is -1.27. The van der Waals surface area contributed by atoms with E-state index < -0.39 is 28.9 Å². The van der Waals surface area contributed by atoms with Gasteiger partial charge in [0.05, 0.1) is 0 Å². The van der Waals surface area contributed by atoms with Gasteiger partial charge < -0.3 is 0 Å². The van der Waals surface area contributed by atoms with E-state index in [2.05, 4.69) is 14.7 Å². The first-order chi connectivity index (χ1) is 8.47. The molecule has 1 heterocycles. The molecule has 0 bridgehead atoms. The van der Waals surface area contributed by atoms with Crippen LogP contribution in [0.15, 0.2) is 12.1 Å². The fourth-order valence-electron chi connectivity index (χ4n) is 1.27. The first-order valence-corrected chi connectivity index (χ1v) is 5.51. The first kappa shape index (κ1) is 12.5. The summed E-state index contributed by atoms with van der Waals surface area (Å²) in [7, 11) is 0. The minimum absolute atomic E-state index is 0.112. The third-order valence-corrected chi connectivity index (χ3v) is 2.70. The predicted molar refractivity (Wildman–Crippen MR) is 58.9 cm³/mol. The summed E-state index contributed by atoms with van der Waals surface area (Å²) in [4.78, 5) is 15.4. The van der Waals surface area contributed by atoms with Gasteiger partial charge in [-0.3, -0.25) is 10.1 Å². The Balaban J connectivity index is 2.29. The van der Waals surface area contributed by atoms with E-state index in [4.69, 9.17) is 0 Å². The van der Waals surface area contributed by atoms with Crippen molar-refractivity contribution in [1.82, 2.24) is 9.36 Å². The van der Waals surface area contributed by atoms with E-state index >= 15 is 0 Å². The number of rotatable bonds is 2. The Labute approximate surface area is 104 Å². The number of aryl methyl sites for hydroxylation is 1.